The van der Waals surface area contributed by atoms with Gasteiger partial charge in [0.05, 0.1) is 19.0 Å². The summed E-state index contributed by atoms with van der Waals surface area (Å²) in [6, 6.07) is 0. The highest BCUT2D eigenvalue weighted by atomic mass is 16.5. The van der Waals surface area contributed by atoms with E-state index in [1.54, 1.807) is 12.4 Å². The number of nitrogens with zero attached hydrogens (tertiary/aromatic N) is 3. The van der Waals surface area contributed by atoms with Gasteiger partial charge in [0.2, 0.25) is 5.88 Å². The molecule has 0 amide bonds. The topological polar surface area (TPSA) is 50.3 Å². The Balaban J connectivity index is 2.32. The highest BCUT2D eigenvalue weighted by Crippen LogP contribution is 2.09. The molecule has 0 unspecified atom stereocenters. The summed E-state index contributed by atoms with van der Waals surface area (Å²) < 4.78 is 5.54. The average molecular weight is 238 g/mol. The number of ether oxygens (including phenoxy) is 1. The minimum Gasteiger partial charge on any atom is -0.476 e. The predicted octanol–water partition coefficient (Wildman–Crippen LogP) is 1.63. The summed E-state index contributed by atoms with van der Waals surface area (Å²) >= 11 is 0. The largest absolute Gasteiger partial charge is 0.476 e. The maximum absolute atomic E-state index is 5.54. The molecule has 0 aliphatic carbocycles. The number of nitrogens with one attached hydrogen (secondary N) is 1. The van der Waals surface area contributed by atoms with E-state index < -0.39 is 0 Å². The van der Waals surface area contributed by atoms with Crippen molar-refractivity contribution in [1.29, 1.82) is 0 Å². The van der Waals surface area contributed by atoms with E-state index in [9.17, 15) is 0 Å². The maximum atomic E-state index is 5.54. The fraction of sp³-hybridized carbons (Fsp3) is 0.667. The molecule has 0 bridgehead atoms. The molecule has 0 aliphatic heterocycles. The number of aromatic nitrogens is 2. The Morgan fingerprint density at radius 2 is 2.18 bits per heavy atom. The van der Waals surface area contributed by atoms with E-state index in [1.165, 1.54) is 0 Å². The van der Waals surface area contributed by atoms with Crippen molar-refractivity contribution in [2.45, 2.75) is 19.8 Å². The van der Waals surface area contributed by atoms with Crippen LogP contribution in [0.25, 0.3) is 0 Å². The second-order valence-corrected chi connectivity index (χ2v) is 4.17. The van der Waals surface area contributed by atoms with Crippen LogP contribution in [0.4, 0.5) is 5.82 Å². The van der Waals surface area contributed by atoms with Crippen LogP contribution in [0, 0.1) is 0 Å². The van der Waals surface area contributed by atoms with Crippen LogP contribution in [-0.2, 0) is 0 Å². The van der Waals surface area contributed by atoms with E-state index in [-0.39, 0.29) is 0 Å². The van der Waals surface area contributed by atoms with Gasteiger partial charge in [-0.3, -0.25) is 4.98 Å². The quantitative estimate of drug-likeness (QED) is 0.698. The monoisotopic (exact) mass is 238 g/mol. The smallest absolute Gasteiger partial charge is 0.234 e. The van der Waals surface area contributed by atoms with Gasteiger partial charge in [-0.25, -0.2) is 0 Å². The minimum atomic E-state index is 0.588. The van der Waals surface area contributed by atoms with Crippen molar-refractivity contribution in [3.63, 3.8) is 0 Å². The van der Waals surface area contributed by atoms with Crippen molar-refractivity contribution >= 4 is 5.82 Å². The first-order valence-electron chi connectivity index (χ1n) is 6.06. The van der Waals surface area contributed by atoms with Crippen molar-refractivity contribution < 1.29 is 4.74 Å². The first kappa shape index (κ1) is 13.7. The lowest BCUT2D eigenvalue weighted by molar-refractivity contribution is 0.272. The van der Waals surface area contributed by atoms with Crippen molar-refractivity contribution in [3.05, 3.63) is 12.4 Å². The van der Waals surface area contributed by atoms with Crippen molar-refractivity contribution in [1.82, 2.24) is 14.9 Å². The summed E-state index contributed by atoms with van der Waals surface area (Å²) in [4.78, 5) is 10.5. The zero-order chi connectivity index (χ0) is 12.5. The molecule has 0 aromatic carbocycles. The van der Waals surface area contributed by atoms with Crippen molar-refractivity contribution in [2.75, 3.05) is 39.1 Å². The molecule has 1 rings (SSSR count). The van der Waals surface area contributed by atoms with Gasteiger partial charge >= 0.3 is 0 Å². The van der Waals surface area contributed by atoms with Crippen LogP contribution < -0.4 is 10.1 Å². The first-order chi connectivity index (χ1) is 8.22. The van der Waals surface area contributed by atoms with E-state index in [1.807, 2.05) is 0 Å². The Morgan fingerprint density at radius 3 is 2.88 bits per heavy atom. The maximum Gasteiger partial charge on any atom is 0.234 e. The molecule has 0 aliphatic rings. The number of anilines is 1. The predicted molar refractivity (Wildman–Crippen MR) is 69.5 cm³/mol. The van der Waals surface area contributed by atoms with Gasteiger partial charge in [-0.05, 0) is 26.9 Å². The normalized spacial score (nSPS) is 10.6. The van der Waals surface area contributed by atoms with Gasteiger partial charge < -0.3 is 15.0 Å². The zero-order valence-corrected chi connectivity index (χ0v) is 10.9. The standard InChI is InChI=1S/C12H22N4O/c1-4-6-14-11-9-13-10-12(15-11)17-8-5-7-16(2)3/h9-10H,4-8H2,1-3H3,(H,14,15). The summed E-state index contributed by atoms with van der Waals surface area (Å²) in [5, 5.41) is 3.18. The lowest BCUT2D eigenvalue weighted by Crippen LogP contribution is -2.15. The van der Waals surface area contributed by atoms with Gasteiger partial charge in [-0.2, -0.15) is 4.98 Å². The van der Waals surface area contributed by atoms with Crippen LogP contribution in [0.1, 0.15) is 19.8 Å². The summed E-state index contributed by atoms with van der Waals surface area (Å²) in [5.41, 5.74) is 0. The van der Waals surface area contributed by atoms with E-state index in [0.717, 1.165) is 31.7 Å². The van der Waals surface area contributed by atoms with Crippen LogP contribution in [0.15, 0.2) is 12.4 Å². The summed E-state index contributed by atoms with van der Waals surface area (Å²) in [5.74, 6) is 1.36. The SMILES string of the molecule is CCCNc1cncc(OCCCN(C)C)n1. The van der Waals surface area contributed by atoms with Gasteiger partial charge in [0, 0.05) is 13.1 Å². The minimum absolute atomic E-state index is 0.588. The lowest BCUT2D eigenvalue weighted by Gasteiger charge is -2.10. The summed E-state index contributed by atoms with van der Waals surface area (Å²) in [7, 11) is 4.10. The highest BCUT2D eigenvalue weighted by molar-refractivity contribution is 5.32. The fourth-order valence-corrected chi connectivity index (χ4v) is 1.31. The van der Waals surface area contributed by atoms with Crippen LogP contribution in [0.3, 0.4) is 0 Å². The Kier molecular flexibility index (Phi) is 6.32. The summed E-state index contributed by atoms with van der Waals surface area (Å²) in [6.07, 6.45) is 5.41. The molecule has 1 heterocycles. The van der Waals surface area contributed by atoms with E-state index in [0.29, 0.717) is 12.5 Å². The van der Waals surface area contributed by atoms with E-state index in [4.69, 9.17) is 4.74 Å². The van der Waals surface area contributed by atoms with Crippen LogP contribution in [0.5, 0.6) is 5.88 Å². The molecule has 96 valence electrons. The molecule has 0 saturated heterocycles. The average Bonchev–Trinajstić information content (AvgIpc) is 2.32. The van der Waals surface area contributed by atoms with Crippen LogP contribution in [-0.4, -0.2) is 48.7 Å². The van der Waals surface area contributed by atoms with Gasteiger partial charge in [-0.1, -0.05) is 6.92 Å². The Bertz CT molecular complexity index is 317. The molecule has 0 radical (unpaired) electrons. The number of hydrogen-bond donors (Lipinski definition) is 1. The van der Waals surface area contributed by atoms with E-state index >= 15 is 0 Å². The Labute approximate surface area is 103 Å². The third kappa shape index (κ3) is 6.06. The molecule has 1 aromatic rings. The third-order valence-electron chi connectivity index (χ3n) is 2.17. The second kappa shape index (κ2) is 7.84. The van der Waals surface area contributed by atoms with Crippen molar-refractivity contribution in [2.24, 2.45) is 0 Å². The molecule has 5 heteroatoms. The molecule has 0 atom stereocenters. The molecule has 17 heavy (non-hydrogen) atoms. The second-order valence-electron chi connectivity index (χ2n) is 4.17. The molecular weight excluding hydrogens is 216 g/mol. The van der Waals surface area contributed by atoms with Crippen LogP contribution >= 0.6 is 0 Å². The van der Waals surface area contributed by atoms with Crippen LogP contribution in [0.2, 0.25) is 0 Å². The highest BCUT2D eigenvalue weighted by Gasteiger charge is 1.99. The molecule has 0 fully saturated rings. The van der Waals surface area contributed by atoms with E-state index in [2.05, 4.69) is 41.2 Å². The lowest BCUT2D eigenvalue weighted by atomic mass is 10.4. The molecule has 0 saturated carbocycles. The fourth-order valence-electron chi connectivity index (χ4n) is 1.31. The van der Waals surface area contributed by atoms with Gasteiger partial charge in [0.25, 0.3) is 0 Å². The van der Waals surface area contributed by atoms with Gasteiger partial charge in [-0.15, -0.1) is 0 Å². The Hall–Kier alpha value is -1.36. The molecule has 1 aromatic heterocycles. The molecular formula is C12H22N4O. The first-order valence-corrected chi connectivity index (χ1v) is 6.06. The molecule has 5 nitrogen and oxygen atoms in total. The third-order valence-corrected chi connectivity index (χ3v) is 2.17. The van der Waals surface area contributed by atoms with Gasteiger partial charge in [0.15, 0.2) is 0 Å². The Morgan fingerprint density at radius 1 is 1.35 bits per heavy atom. The summed E-state index contributed by atoms with van der Waals surface area (Å²) in [6.45, 7) is 4.70. The molecule has 1 N–H and O–H groups in total. The van der Waals surface area contributed by atoms with Gasteiger partial charge in [0.1, 0.15) is 5.82 Å². The molecule has 0 spiro atoms. The number of hydrogen-bond acceptors (Lipinski definition) is 5. The zero-order valence-electron chi connectivity index (χ0n) is 10.9. The number of rotatable bonds is 8. The van der Waals surface area contributed by atoms with Crippen molar-refractivity contribution in [3.8, 4) is 5.88 Å².